The third-order valence-electron chi connectivity index (χ3n) is 3.17. The summed E-state index contributed by atoms with van der Waals surface area (Å²) in [5.41, 5.74) is 2.01. The number of urea groups is 1. The lowest BCUT2D eigenvalue weighted by atomic mass is 10.2. The Morgan fingerprint density at radius 1 is 1.22 bits per heavy atom. The first kappa shape index (κ1) is 16.8. The highest BCUT2D eigenvalue weighted by Crippen LogP contribution is 2.15. The van der Waals surface area contributed by atoms with Crippen LogP contribution in [0.4, 0.5) is 16.2 Å². The Bertz CT molecular complexity index is 766. The highest BCUT2D eigenvalue weighted by molar-refractivity contribution is 7.07. The van der Waals surface area contributed by atoms with Crippen molar-refractivity contribution in [3.05, 3.63) is 45.0 Å². The first-order valence-electron chi connectivity index (χ1n) is 7.03. The van der Waals surface area contributed by atoms with Gasteiger partial charge in [-0.2, -0.15) is 0 Å². The molecule has 0 atom stereocenters. The number of benzene rings is 1. The molecule has 0 aliphatic rings. The van der Waals surface area contributed by atoms with E-state index in [9.17, 15) is 14.4 Å². The maximum absolute atomic E-state index is 12.0. The SMILES string of the molecule is CNC(=O)Nc1cccc(NC(=O)CCn2c(C)csc2=O)c1. The minimum absolute atomic E-state index is 0.0629. The predicted molar refractivity (Wildman–Crippen MR) is 91.1 cm³/mol. The van der Waals surface area contributed by atoms with Crippen molar-refractivity contribution in [2.24, 2.45) is 0 Å². The number of nitrogens with zero attached hydrogens (tertiary/aromatic N) is 1. The van der Waals surface area contributed by atoms with E-state index in [4.69, 9.17) is 0 Å². The van der Waals surface area contributed by atoms with Crippen molar-refractivity contribution in [2.75, 3.05) is 17.7 Å². The molecule has 0 unspecified atom stereocenters. The van der Waals surface area contributed by atoms with E-state index in [-0.39, 0.29) is 23.2 Å². The van der Waals surface area contributed by atoms with Crippen LogP contribution in [-0.4, -0.2) is 23.6 Å². The van der Waals surface area contributed by atoms with Crippen LogP contribution >= 0.6 is 11.3 Å². The van der Waals surface area contributed by atoms with Crippen LogP contribution in [-0.2, 0) is 11.3 Å². The van der Waals surface area contributed by atoms with Gasteiger partial charge >= 0.3 is 10.9 Å². The van der Waals surface area contributed by atoms with E-state index < -0.39 is 0 Å². The number of aromatic nitrogens is 1. The van der Waals surface area contributed by atoms with E-state index in [0.29, 0.717) is 17.9 Å². The Morgan fingerprint density at radius 2 is 1.91 bits per heavy atom. The van der Waals surface area contributed by atoms with Crippen molar-refractivity contribution in [2.45, 2.75) is 19.9 Å². The zero-order chi connectivity index (χ0) is 16.8. The maximum atomic E-state index is 12.0. The van der Waals surface area contributed by atoms with Crippen molar-refractivity contribution in [3.63, 3.8) is 0 Å². The fourth-order valence-electron chi connectivity index (χ4n) is 1.98. The van der Waals surface area contributed by atoms with Crippen LogP contribution in [0.25, 0.3) is 0 Å². The number of nitrogens with one attached hydrogen (secondary N) is 3. The van der Waals surface area contributed by atoms with Gasteiger partial charge in [0.25, 0.3) is 0 Å². The number of carbonyl (C=O) groups is 2. The molecule has 0 bridgehead atoms. The van der Waals surface area contributed by atoms with E-state index in [1.54, 1.807) is 34.2 Å². The van der Waals surface area contributed by atoms with Gasteiger partial charge in [0.05, 0.1) is 0 Å². The molecule has 122 valence electrons. The van der Waals surface area contributed by atoms with Crippen LogP contribution in [0.2, 0.25) is 0 Å². The molecular weight excluding hydrogens is 316 g/mol. The zero-order valence-electron chi connectivity index (χ0n) is 12.9. The van der Waals surface area contributed by atoms with Crippen LogP contribution in [0.15, 0.2) is 34.4 Å². The summed E-state index contributed by atoms with van der Waals surface area (Å²) in [7, 11) is 1.52. The van der Waals surface area contributed by atoms with E-state index >= 15 is 0 Å². The van der Waals surface area contributed by atoms with Gasteiger partial charge in [0.1, 0.15) is 0 Å². The van der Waals surface area contributed by atoms with Gasteiger partial charge in [-0.05, 0) is 25.1 Å². The summed E-state index contributed by atoms with van der Waals surface area (Å²) < 4.78 is 1.58. The number of thiazole rings is 1. The number of rotatable bonds is 5. The average Bonchev–Trinajstić information content (AvgIpc) is 2.84. The lowest BCUT2D eigenvalue weighted by Gasteiger charge is -2.09. The highest BCUT2D eigenvalue weighted by Gasteiger charge is 2.07. The number of hydrogen-bond acceptors (Lipinski definition) is 4. The topological polar surface area (TPSA) is 92.2 Å². The van der Waals surface area contributed by atoms with Crippen LogP contribution in [0.3, 0.4) is 0 Å². The van der Waals surface area contributed by atoms with Gasteiger partial charge in [-0.3, -0.25) is 9.59 Å². The van der Waals surface area contributed by atoms with Crippen molar-refractivity contribution in [1.82, 2.24) is 9.88 Å². The number of carbonyl (C=O) groups excluding carboxylic acids is 2. The minimum Gasteiger partial charge on any atom is -0.341 e. The third-order valence-corrected chi connectivity index (χ3v) is 4.05. The van der Waals surface area contributed by atoms with E-state index in [1.165, 1.54) is 7.05 Å². The first-order valence-corrected chi connectivity index (χ1v) is 7.91. The normalized spacial score (nSPS) is 10.2. The molecule has 7 nitrogen and oxygen atoms in total. The summed E-state index contributed by atoms with van der Waals surface area (Å²) in [5, 5.41) is 9.60. The molecule has 8 heteroatoms. The second-order valence-corrected chi connectivity index (χ2v) is 5.70. The second kappa shape index (κ2) is 7.59. The van der Waals surface area contributed by atoms with Gasteiger partial charge in [0.15, 0.2) is 0 Å². The quantitative estimate of drug-likeness (QED) is 0.781. The molecule has 0 aliphatic heterocycles. The van der Waals surface area contributed by atoms with E-state index in [2.05, 4.69) is 16.0 Å². The van der Waals surface area contributed by atoms with Crippen LogP contribution in [0, 0.1) is 6.92 Å². The summed E-state index contributed by atoms with van der Waals surface area (Å²) in [6, 6.07) is 6.51. The minimum atomic E-state index is -0.333. The largest absolute Gasteiger partial charge is 0.341 e. The molecule has 0 radical (unpaired) electrons. The van der Waals surface area contributed by atoms with Crippen molar-refractivity contribution >= 4 is 34.6 Å². The van der Waals surface area contributed by atoms with Crippen LogP contribution in [0.5, 0.6) is 0 Å². The highest BCUT2D eigenvalue weighted by atomic mass is 32.1. The molecule has 3 amide bonds. The summed E-state index contributed by atoms with van der Waals surface area (Å²) in [6.07, 6.45) is 0.199. The van der Waals surface area contributed by atoms with Gasteiger partial charge in [-0.15, -0.1) is 0 Å². The van der Waals surface area contributed by atoms with Gasteiger partial charge in [0.2, 0.25) is 5.91 Å². The molecule has 2 aromatic rings. The second-order valence-electron chi connectivity index (χ2n) is 4.88. The molecule has 1 heterocycles. The zero-order valence-corrected chi connectivity index (χ0v) is 13.7. The Morgan fingerprint density at radius 3 is 2.52 bits per heavy atom. The van der Waals surface area contributed by atoms with Gasteiger partial charge in [0, 0.05) is 42.5 Å². The van der Waals surface area contributed by atoms with Crippen LogP contribution < -0.4 is 20.8 Å². The van der Waals surface area contributed by atoms with E-state index in [1.807, 2.05) is 6.92 Å². The fourth-order valence-corrected chi connectivity index (χ4v) is 2.74. The van der Waals surface area contributed by atoms with Gasteiger partial charge in [-0.25, -0.2) is 4.79 Å². The molecule has 0 spiro atoms. The molecule has 0 saturated carbocycles. The Balaban J connectivity index is 1.94. The number of anilines is 2. The summed E-state index contributed by atoms with van der Waals surface area (Å²) >= 11 is 1.13. The summed E-state index contributed by atoms with van der Waals surface area (Å²) in [4.78, 5) is 34.8. The summed E-state index contributed by atoms with van der Waals surface area (Å²) in [6.45, 7) is 2.18. The average molecular weight is 334 g/mol. The molecule has 0 fully saturated rings. The number of hydrogen-bond donors (Lipinski definition) is 3. The van der Waals surface area contributed by atoms with E-state index in [0.717, 1.165) is 17.0 Å². The third kappa shape index (κ3) is 4.68. The maximum Gasteiger partial charge on any atom is 0.318 e. The molecule has 1 aromatic heterocycles. The molecular formula is C15H18N4O3S. The monoisotopic (exact) mass is 334 g/mol. The molecule has 0 saturated heterocycles. The molecule has 23 heavy (non-hydrogen) atoms. The van der Waals surface area contributed by atoms with Crippen molar-refractivity contribution < 1.29 is 9.59 Å². The van der Waals surface area contributed by atoms with Crippen LogP contribution in [0.1, 0.15) is 12.1 Å². The van der Waals surface area contributed by atoms with Crippen molar-refractivity contribution in [3.8, 4) is 0 Å². The Labute approximate surface area is 137 Å². The Hall–Kier alpha value is -2.61. The fraction of sp³-hybridized carbons (Fsp3) is 0.267. The first-order chi connectivity index (χ1) is 11.0. The van der Waals surface area contributed by atoms with Gasteiger partial charge < -0.3 is 20.5 Å². The lowest BCUT2D eigenvalue weighted by molar-refractivity contribution is -0.116. The Kier molecular flexibility index (Phi) is 5.53. The molecule has 3 N–H and O–H groups in total. The molecule has 2 rings (SSSR count). The summed E-state index contributed by atoms with van der Waals surface area (Å²) in [5.74, 6) is -0.195. The number of aryl methyl sites for hydroxylation is 1. The molecule has 1 aromatic carbocycles. The smallest absolute Gasteiger partial charge is 0.318 e. The lowest BCUT2D eigenvalue weighted by Crippen LogP contribution is -2.24. The number of amides is 3. The van der Waals surface area contributed by atoms with Crippen molar-refractivity contribution in [1.29, 1.82) is 0 Å². The standard InChI is InChI=1S/C15H18N4O3S/c1-10-9-23-15(22)19(10)7-6-13(20)17-11-4-3-5-12(8-11)18-14(21)16-2/h3-5,8-9H,6-7H2,1-2H3,(H,17,20)(H2,16,18,21). The van der Waals surface area contributed by atoms with Gasteiger partial charge in [-0.1, -0.05) is 17.4 Å². The predicted octanol–water partition coefficient (Wildman–Crippen LogP) is 2.00. The molecule has 0 aliphatic carbocycles.